The molecule has 0 radical (unpaired) electrons. The Hall–Kier alpha value is -1.18. The Morgan fingerprint density at radius 1 is 1.43 bits per heavy atom. The van der Waals surface area contributed by atoms with Crippen molar-refractivity contribution in [3.63, 3.8) is 0 Å². The maximum atomic E-state index is 12.6. The first-order chi connectivity index (χ1) is 10.9. The molecule has 1 aliphatic heterocycles. The van der Waals surface area contributed by atoms with Gasteiger partial charge in [0.1, 0.15) is 10.4 Å². The van der Waals surface area contributed by atoms with Gasteiger partial charge < -0.3 is 5.11 Å². The maximum Gasteiger partial charge on any atom is 0.326 e. The molecule has 1 N–H and O–H groups in total. The van der Waals surface area contributed by atoms with Crippen LogP contribution in [0.4, 0.5) is 0 Å². The molecular formula is C16H16BrNO3S2. The van der Waals surface area contributed by atoms with E-state index >= 15 is 0 Å². The number of carbonyl (C=O) groups is 2. The number of carboxylic acids is 1. The molecule has 23 heavy (non-hydrogen) atoms. The third-order valence-corrected chi connectivity index (χ3v) is 5.28. The summed E-state index contributed by atoms with van der Waals surface area (Å²) in [4.78, 5) is 25.8. The van der Waals surface area contributed by atoms with E-state index in [0.717, 1.165) is 34.6 Å². The molecule has 0 aromatic heterocycles. The van der Waals surface area contributed by atoms with Crippen molar-refractivity contribution in [1.29, 1.82) is 0 Å². The number of thiocarbonyl (C=S) groups is 1. The first-order valence-corrected chi connectivity index (χ1v) is 9.21. The zero-order chi connectivity index (χ0) is 17.0. The third kappa shape index (κ3) is 4.43. The van der Waals surface area contributed by atoms with Crippen LogP contribution in [0.25, 0.3) is 6.08 Å². The van der Waals surface area contributed by atoms with Crippen molar-refractivity contribution in [1.82, 2.24) is 4.90 Å². The van der Waals surface area contributed by atoms with Gasteiger partial charge in [0.05, 0.1) is 4.91 Å². The van der Waals surface area contributed by atoms with Gasteiger partial charge in [-0.05, 0) is 30.2 Å². The molecule has 1 aromatic rings. The van der Waals surface area contributed by atoms with Crippen molar-refractivity contribution < 1.29 is 14.7 Å². The highest BCUT2D eigenvalue weighted by molar-refractivity contribution is 9.10. The summed E-state index contributed by atoms with van der Waals surface area (Å²) >= 11 is 9.75. The molecule has 2 rings (SSSR count). The van der Waals surface area contributed by atoms with Gasteiger partial charge in [0.2, 0.25) is 0 Å². The molecule has 0 spiro atoms. The number of carbonyl (C=O) groups excluding carboxylic acids is 1. The van der Waals surface area contributed by atoms with Crippen LogP contribution in [0.1, 0.15) is 31.7 Å². The van der Waals surface area contributed by atoms with Crippen LogP contribution in [0.15, 0.2) is 33.6 Å². The van der Waals surface area contributed by atoms with Gasteiger partial charge in [-0.2, -0.15) is 0 Å². The van der Waals surface area contributed by atoms with Crippen LogP contribution in [-0.4, -0.2) is 32.2 Å². The summed E-state index contributed by atoms with van der Waals surface area (Å²) in [7, 11) is 0. The molecule has 1 unspecified atom stereocenters. The number of rotatable bonds is 6. The topological polar surface area (TPSA) is 57.6 Å². The molecule has 0 bridgehead atoms. The molecular weight excluding hydrogens is 398 g/mol. The van der Waals surface area contributed by atoms with Crippen molar-refractivity contribution in [3.05, 3.63) is 39.2 Å². The van der Waals surface area contributed by atoms with Gasteiger partial charge in [-0.1, -0.05) is 71.8 Å². The normalized spacial score (nSPS) is 17.8. The fourth-order valence-electron chi connectivity index (χ4n) is 2.22. The largest absolute Gasteiger partial charge is 0.480 e. The first-order valence-electron chi connectivity index (χ1n) is 7.19. The summed E-state index contributed by atoms with van der Waals surface area (Å²) in [5.74, 6) is -1.34. The molecule has 122 valence electrons. The molecule has 1 fully saturated rings. The van der Waals surface area contributed by atoms with E-state index < -0.39 is 12.0 Å². The molecule has 1 atom stereocenters. The third-order valence-electron chi connectivity index (χ3n) is 3.42. The van der Waals surface area contributed by atoms with Crippen molar-refractivity contribution in [2.45, 2.75) is 32.2 Å². The number of aliphatic carboxylic acids is 1. The second kappa shape index (κ2) is 8.08. The lowest BCUT2D eigenvalue weighted by molar-refractivity contribution is -0.145. The van der Waals surface area contributed by atoms with E-state index in [2.05, 4.69) is 15.9 Å². The number of carboxylic acid groups (broad SMARTS) is 1. The van der Waals surface area contributed by atoms with E-state index in [0.29, 0.717) is 15.6 Å². The monoisotopic (exact) mass is 413 g/mol. The molecule has 0 saturated carbocycles. The molecule has 1 aliphatic rings. The number of hydrogen-bond acceptors (Lipinski definition) is 4. The minimum Gasteiger partial charge on any atom is -0.480 e. The minimum absolute atomic E-state index is 0.307. The van der Waals surface area contributed by atoms with E-state index in [4.69, 9.17) is 12.2 Å². The van der Waals surface area contributed by atoms with Gasteiger partial charge in [-0.25, -0.2) is 4.79 Å². The predicted octanol–water partition coefficient (Wildman–Crippen LogP) is 4.29. The summed E-state index contributed by atoms with van der Waals surface area (Å²) in [6.07, 6.45) is 3.75. The fourth-order valence-corrected chi connectivity index (χ4v) is 3.84. The highest BCUT2D eigenvalue weighted by Gasteiger charge is 2.40. The number of benzene rings is 1. The molecule has 4 nitrogen and oxygen atoms in total. The summed E-state index contributed by atoms with van der Waals surface area (Å²) in [5.41, 5.74) is 0.870. The summed E-state index contributed by atoms with van der Waals surface area (Å²) in [5, 5.41) is 9.41. The van der Waals surface area contributed by atoms with Gasteiger partial charge >= 0.3 is 5.97 Å². The summed E-state index contributed by atoms with van der Waals surface area (Å²) in [6, 6.07) is 6.63. The lowest BCUT2D eigenvalue weighted by Crippen LogP contribution is -2.43. The average Bonchev–Trinajstić information content (AvgIpc) is 2.77. The Balaban J connectivity index is 2.24. The highest BCUT2D eigenvalue weighted by atomic mass is 79.9. The molecule has 0 aliphatic carbocycles. The summed E-state index contributed by atoms with van der Waals surface area (Å²) in [6.45, 7) is 1.98. The Kier molecular flexibility index (Phi) is 6.38. The lowest BCUT2D eigenvalue weighted by Gasteiger charge is -2.22. The van der Waals surface area contributed by atoms with Gasteiger partial charge in [0, 0.05) is 4.47 Å². The smallest absolute Gasteiger partial charge is 0.326 e. The quantitative estimate of drug-likeness (QED) is 0.556. The maximum absolute atomic E-state index is 12.6. The number of hydrogen-bond donors (Lipinski definition) is 1. The molecule has 7 heteroatoms. The Morgan fingerprint density at radius 2 is 2.09 bits per heavy atom. The fraction of sp³-hybridized carbons (Fsp3) is 0.312. The van der Waals surface area contributed by atoms with Crippen LogP contribution >= 0.6 is 39.9 Å². The molecule has 1 aromatic carbocycles. The number of unbranched alkanes of at least 4 members (excludes halogenated alkanes) is 1. The number of halogens is 1. The van der Waals surface area contributed by atoms with Crippen LogP contribution in [0.5, 0.6) is 0 Å². The van der Waals surface area contributed by atoms with Crippen LogP contribution in [0.2, 0.25) is 0 Å². The second-order valence-electron chi connectivity index (χ2n) is 5.10. The predicted molar refractivity (Wildman–Crippen MR) is 100 cm³/mol. The number of amides is 1. The van der Waals surface area contributed by atoms with E-state index in [1.165, 1.54) is 4.90 Å². The van der Waals surface area contributed by atoms with Crippen LogP contribution in [0, 0.1) is 0 Å². The zero-order valence-corrected chi connectivity index (χ0v) is 15.7. The van der Waals surface area contributed by atoms with Gasteiger partial charge in [0.25, 0.3) is 5.91 Å². The molecule has 1 amide bonds. The van der Waals surface area contributed by atoms with Gasteiger partial charge in [-0.15, -0.1) is 0 Å². The first kappa shape index (κ1) is 18.2. The lowest BCUT2D eigenvalue weighted by atomic mass is 10.1. The van der Waals surface area contributed by atoms with Crippen molar-refractivity contribution in [2.24, 2.45) is 0 Å². The van der Waals surface area contributed by atoms with Crippen molar-refractivity contribution in [3.8, 4) is 0 Å². The van der Waals surface area contributed by atoms with Gasteiger partial charge in [-0.3, -0.25) is 9.69 Å². The van der Waals surface area contributed by atoms with E-state index in [9.17, 15) is 14.7 Å². The standard InChI is InChI=1S/C16H16BrNO3S2/c1-2-3-4-12(15(20)21)18-14(19)13(23-16(18)22)9-10-5-7-11(17)8-6-10/h5-9,12H,2-4H2,1H3,(H,20,21). The van der Waals surface area contributed by atoms with Crippen molar-refractivity contribution in [2.75, 3.05) is 0 Å². The zero-order valence-electron chi connectivity index (χ0n) is 12.5. The Morgan fingerprint density at radius 3 is 2.65 bits per heavy atom. The second-order valence-corrected chi connectivity index (χ2v) is 7.69. The van der Waals surface area contributed by atoms with Gasteiger partial charge in [0.15, 0.2) is 0 Å². The van der Waals surface area contributed by atoms with E-state index in [-0.39, 0.29) is 5.91 Å². The Labute approximate surface area is 153 Å². The van der Waals surface area contributed by atoms with Crippen LogP contribution in [-0.2, 0) is 9.59 Å². The summed E-state index contributed by atoms with van der Waals surface area (Å²) < 4.78 is 1.26. The minimum atomic E-state index is -1.01. The average molecular weight is 414 g/mol. The van der Waals surface area contributed by atoms with E-state index in [1.54, 1.807) is 6.08 Å². The SMILES string of the molecule is CCCCC(C(=O)O)N1C(=O)C(=Cc2ccc(Br)cc2)SC1=S. The van der Waals surface area contributed by atoms with Crippen LogP contribution < -0.4 is 0 Å². The van der Waals surface area contributed by atoms with Crippen LogP contribution in [0.3, 0.4) is 0 Å². The molecule has 1 saturated heterocycles. The molecule has 1 heterocycles. The van der Waals surface area contributed by atoms with E-state index in [1.807, 2.05) is 31.2 Å². The Bertz CT molecular complexity index is 658. The highest BCUT2D eigenvalue weighted by Crippen LogP contribution is 2.35. The number of nitrogens with zero attached hydrogens (tertiary/aromatic N) is 1. The number of thioether (sulfide) groups is 1. The van der Waals surface area contributed by atoms with Crippen molar-refractivity contribution >= 4 is 62.2 Å².